The summed E-state index contributed by atoms with van der Waals surface area (Å²) in [4.78, 5) is 2.47. The third kappa shape index (κ3) is 3.94. The van der Waals surface area contributed by atoms with Gasteiger partial charge in [0.2, 0.25) is 0 Å². The van der Waals surface area contributed by atoms with Gasteiger partial charge in [-0.15, -0.1) is 0 Å². The summed E-state index contributed by atoms with van der Waals surface area (Å²) in [6, 6.07) is 0.563. The summed E-state index contributed by atoms with van der Waals surface area (Å²) in [7, 11) is 2.23. The number of piperidine rings is 1. The lowest BCUT2D eigenvalue weighted by Crippen LogP contribution is -2.61. The Balaban J connectivity index is 2.42. The first kappa shape index (κ1) is 15.9. The first-order valence-corrected chi connectivity index (χ1v) is 7.62. The number of rotatable bonds is 6. The molecule has 0 aromatic heterocycles. The van der Waals surface area contributed by atoms with E-state index >= 15 is 0 Å². The van der Waals surface area contributed by atoms with Gasteiger partial charge in [0.15, 0.2) is 0 Å². The minimum absolute atomic E-state index is 0.170. The molecule has 0 aliphatic carbocycles. The molecule has 1 aliphatic heterocycles. The van der Waals surface area contributed by atoms with Gasteiger partial charge < -0.3 is 10.6 Å². The molecule has 0 spiro atoms. The van der Waals surface area contributed by atoms with Gasteiger partial charge in [-0.2, -0.15) is 0 Å². The quantitative estimate of drug-likeness (QED) is 0.566. The van der Waals surface area contributed by atoms with Gasteiger partial charge in [0.1, 0.15) is 0 Å². The second-order valence-corrected chi connectivity index (χ2v) is 6.53. The van der Waals surface area contributed by atoms with Crippen LogP contribution in [0.5, 0.6) is 0 Å². The van der Waals surface area contributed by atoms with E-state index in [-0.39, 0.29) is 11.7 Å². The van der Waals surface area contributed by atoms with Crippen LogP contribution in [0.15, 0.2) is 0 Å². The molecule has 1 aliphatic rings. The van der Waals surface area contributed by atoms with Crippen LogP contribution in [0.25, 0.3) is 0 Å². The third-order valence-electron chi connectivity index (χ3n) is 5.02. The summed E-state index contributed by atoms with van der Waals surface area (Å²) in [6.45, 7) is 10.4. The highest BCUT2D eigenvalue weighted by Crippen LogP contribution is 2.32. The average Bonchev–Trinajstić information content (AvgIpc) is 2.31. The molecule has 0 amide bonds. The van der Waals surface area contributed by atoms with Crippen LogP contribution in [0.4, 0.5) is 0 Å². The van der Waals surface area contributed by atoms with Gasteiger partial charge in [0.25, 0.3) is 0 Å². The Kier molecular flexibility index (Phi) is 6.09. The van der Waals surface area contributed by atoms with Crippen LogP contribution in [0.1, 0.15) is 59.8 Å². The summed E-state index contributed by atoms with van der Waals surface area (Å²) >= 11 is 0. The van der Waals surface area contributed by atoms with Crippen LogP contribution in [0.2, 0.25) is 0 Å². The fraction of sp³-hybridized carbons (Fsp3) is 1.00. The molecule has 1 rings (SSSR count). The van der Waals surface area contributed by atoms with E-state index in [9.17, 15) is 0 Å². The lowest BCUT2D eigenvalue weighted by Gasteiger charge is -2.49. The maximum atomic E-state index is 6.21. The molecule has 108 valence electrons. The van der Waals surface area contributed by atoms with Crippen molar-refractivity contribution in [1.29, 1.82) is 0 Å². The molecule has 3 nitrogen and oxygen atoms in total. The second kappa shape index (κ2) is 6.88. The normalized spacial score (nSPS) is 30.3. The van der Waals surface area contributed by atoms with Gasteiger partial charge in [-0.1, -0.05) is 33.1 Å². The summed E-state index contributed by atoms with van der Waals surface area (Å²) in [5.41, 5.74) is 6.47. The van der Waals surface area contributed by atoms with Crippen LogP contribution < -0.4 is 11.1 Å². The van der Waals surface area contributed by atoms with Crippen molar-refractivity contribution in [2.24, 2.45) is 11.7 Å². The molecule has 0 aromatic carbocycles. The fourth-order valence-electron chi connectivity index (χ4n) is 2.91. The van der Waals surface area contributed by atoms with E-state index in [0.29, 0.717) is 12.0 Å². The summed E-state index contributed by atoms with van der Waals surface area (Å²) < 4.78 is 0. The Morgan fingerprint density at radius 2 is 2.06 bits per heavy atom. The predicted octanol–water partition coefficient (Wildman–Crippen LogP) is 2.56. The van der Waals surface area contributed by atoms with Gasteiger partial charge in [0, 0.05) is 11.6 Å². The van der Waals surface area contributed by atoms with E-state index in [1.165, 1.54) is 25.7 Å². The zero-order chi connectivity index (χ0) is 13.8. The molecule has 0 radical (unpaired) electrons. The molecule has 3 N–H and O–H groups in total. The highest BCUT2D eigenvalue weighted by molar-refractivity contribution is 4.96. The zero-order valence-corrected chi connectivity index (χ0v) is 13.0. The molecule has 3 heteroatoms. The number of nitrogens with one attached hydrogen (secondary N) is 1. The van der Waals surface area contributed by atoms with Crippen LogP contribution in [-0.2, 0) is 0 Å². The van der Waals surface area contributed by atoms with E-state index in [1.807, 2.05) is 0 Å². The van der Waals surface area contributed by atoms with Crippen molar-refractivity contribution >= 4 is 0 Å². The molecule has 18 heavy (non-hydrogen) atoms. The van der Waals surface area contributed by atoms with Crippen LogP contribution in [0.3, 0.4) is 0 Å². The lowest BCUT2D eigenvalue weighted by atomic mass is 9.77. The van der Waals surface area contributed by atoms with E-state index in [0.717, 1.165) is 13.0 Å². The van der Waals surface area contributed by atoms with Crippen molar-refractivity contribution in [3.63, 3.8) is 0 Å². The first-order chi connectivity index (χ1) is 8.39. The Morgan fingerprint density at radius 3 is 2.67 bits per heavy atom. The minimum atomic E-state index is 0.170. The van der Waals surface area contributed by atoms with Gasteiger partial charge >= 0.3 is 0 Å². The van der Waals surface area contributed by atoms with Crippen molar-refractivity contribution in [2.75, 3.05) is 13.6 Å². The number of hydrogen-bond acceptors (Lipinski definition) is 3. The molecular formula is C15H33N3. The standard InChI is InChI=1S/C15H33N3/c1-6-7-8-9-14(16)17-13-10-11-18(5)15(3,4)12(13)2/h12-14,17H,6-11,16H2,1-5H3. The molecule has 3 atom stereocenters. The van der Waals surface area contributed by atoms with Gasteiger partial charge in [-0.25, -0.2) is 0 Å². The Hall–Kier alpha value is -0.120. The number of likely N-dealkylation sites (tertiary alicyclic amines) is 1. The lowest BCUT2D eigenvalue weighted by molar-refractivity contribution is 0.0260. The van der Waals surface area contributed by atoms with Crippen molar-refractivity contribution < 1.29 is 0 Å². The predicted molar refractivity (Wildman–Crippen MR) is 79.5 cm³/mol. The third-order valence-corrected chi connectivity index (χ3v) is 5.02. The molecule has 1 heterocycles. The molecule has 0 saturated carbocycles. The molecule has 3 unspecified atom stereocenters. The molecular weight excluding hydrogens is 222 g/mol. The fourth-order valence-corrected chi connectivity index (χ4v) is 2.91. The van der Waals surface area contributed by atoms with E-state index in [1.54, 1.807) is 0 Å². The molecule has 0 bridgehead atoms. The number of unbranched alkanes of at least 4 members (excludes halogenated alkanes) is 2. The van der Waals surface area contributed by atoms with Crippen molar-refractivity contribution in [3.05, 3.63) is 0 Å². The highest BCUT2D eigenvalue weighted by Gasteiger charge is 2.39. The van der Waals surface area contributed by atoms with E-state index < -0.39 is 0 Å². The van der Waals surface area contributed by atoms with E-state index in [2.05, 4.69) is 45.0 Å². The second-order valence-electron chi connectivity index (χ2n) is 6.53. The maximum Gasteiger partial charge on any atom is 0.0548 e. The minimum Gasteiger partial charge on any atom is -0.316 e. The maximum absolute atomic E-state index is 6.21. The monoisotopic (exact) mass is 255 g/mol. The number of nitrogens with zero attached hydrogens (tertiary/aromatic N) is 1. The first-order valence-electron chi connectivity index (χ1n) is 7.62. The van der Waals surface area contributed by atoms with Crippen molar-refractivity contribution in [2.45, 2.75) is 77.5 Å². The van der Waals surface area contributed by atoms with Crippen LogP contribution in [-0.4, -0.2) is 36.2 Å². The zero-order valence-electron chi connectivity index (χ0n) is 13.0. The Labute approximate surface area is 113 Å². The highest BCUT2D eigenvalue weighted by atomic mass is 15.2. The van der Waals surface area contributed by atoms with Crippen LogP contribution >= 0.6 is 0 Å². The molecule has 0 aromatic rings. The molecule has 1 fully saturated rings. The van der Waals surface area contributed by atoms with Gasteiger partial charge in [-0.05, 0) is 46.2 Å². The Bertz CT molecular complexity index is 240. The Morgan fingerprint density at radius 1 is 1.39 bits per heavy atom. The van der Waals surface area contributed by atoms with Gasteiger partial charge in [-0.3, -0.25) is 5.32 Å². The smallest absolute Gasteiger partial charge is 0.0548 e. The SMILES string of the molecule is CCCCCC(N)NC1CCN(C)C(C)(C)C1C. The number of nitrogens with two attached hydrogens (primary N) is 1. The van der Waals surface area contributed by atoms with Crippen molar-refractivity contribution in [1.82, 2.24) is 10.2 Å². The van der Waals surface area contributed by atoms with Crippen LogP contribution in [0, 0.1) is 5.92 Å². The average molecular weight is 255 g/mol. The number of hydrogen-bond donors (Lipinski definition) is 2. The van der Waals surface area contributed by atoms with Crippen molar-refractivity contribution in [3.8, 4) is 0 Å². The summed E-state index contributed by atoms with van der Waals surface area (Å²) in [5, 5.41) is 3.65. The van der Waals surface area contributed by atoms with Gasteiger partial charge in [0.05, 0.1) is 6.17 Å². The summed E-state index contributed by atoms with van der Waals surface area (Å²) in [5.74, 6) is 0.633. The summed E-state index contributed by atoms with van der Waals surface area (Å²) in [6.07, 6.45) is 6.29. The molecule has 1 saturated heterocycles. The topological polar surface area (TPSA) is 41.3 Å². The largest absolute Gasteiger partial charge is 0.316 e. The van der Waals surface area contributed by atoms with E-state index in [4.69, 9.17) is 5.73 Å².